The predicted octanol–water partition coefficient (Wildman–Crippen LogP) is 4.84. The Morgan fingerprint density at radius 3 is 2.46 bits per heavy atom. The summed E-state index contributed by atoms with van der Waals surface area (Å²) < 4.78 is 16.8. The van der Waals surface area contributed by atoms with Crippen LogP contribution in [0.4, 0.5) is 0 Å². The highest BCUT2D eigenvalue weighted by atomic mass is 79.9. The second kappa shape index (κ2) is 10.9. The number of para-hydroxylation sites is 1. The van der Waals surface area contributed by atoms with Gasteiger partial charge in [0.15, 0.2) is 34.4 Å². The van der Waals surface area contributed by atoms with Crippen LogP contribution in [0.15, 0.2) is 56.6 Å². The van der Waals surface area contributed by atoms with E-state index < -0.39 is 23.5 Å². The molecule has 196 valence electrons. The highest BCUT2D eigenvalue weighted by Gasteiger charge is 2.45. The summed E-state index contributed by atoms with van der Waals surface area (Å²) in [5.74, 6) is -1.44. The number of Topliss-reactive ketones (excluding diaryl/α,β-unsaturated/α-hetero) is 1. The number of aromatic hydroxyl groups is 1. The molecule has 0 spiro atoms. The fraction of sp³-hybridized carbons (Fsp3) is 0.333. The normalized spacial score (nSPS) is 15.8. The number of nitrogens with zero attached hydrogens (tertiary/aromatic N) is 2. The van der Waals surface area contributed by atoms with E-state index in [1.807, 2.05) is 13.8 Å². The van der Waals surface area contributed by atoms with Gasteiger partial charge >= 0.3 is 0 Å². The third-order valence-corrected chi connectivity index (χ3v) is 7.24. The number of carbonyl (C=O) groups excluding carboxylic acids is 2. The van der Waals surface area contributed by atoms with Crippen LogP contribution in [0, 0.1) is 0 Å². The fourth-order valence-corrected chi connectivity index (χ4v) is 5.06. The van der Waals surface area contributed by atoms with E-state index in [0.717, 1.165) is 13.1 Å². The molecule has 9 nitrogen and oxygen atoms in total. The molecule has 0 radical (unpaired) electrons. The summed E-state index contributed by atoms with van der Waals surface area (Å²) in [4.78, 5) is 30.7. The zero-order chi connectivity index (χ0) is 26.9. The number of benzene rings is 2. The lowest BCUT2D eigenvalue weighted by Crippen LogP contribution is -2.38. The first kappa shape index (κ1) is 26.6. The minimum Gasteiger partial charge on any atom is -0.503 e. The van der Waals surface area contributed by atoms with E-state index in [1.54, 1.807) is 36.4 Å². The first-order valence-corrected chi connectivity index (χ1v) is 12.7. The number of phenolic OH excluding ortho intramolecular Hbond substituents is 1. The highest BCUT2D eigenvalue weighted by Crippen LogP contribution is 2.44. The molecule has 0 fully saturated rings. The van der Waals surface area contributed by atoms with E-state index in [-0.39, 0.29) is 29.4 Å². The van der Waals surface area contributed by atoms with Crippen LogP contribution in [0.1, 0.15) is 36.0 Å². The van der Waals surface area contributed by atoms with Crippen molar-refractivity contribution >= 4 is 38.6 Å². The Kier molecular flexibility index (Phi) is 7.79. The molecule has 4 rings (SSSR count). The van der Waals surface area contributed by atoms with Gasteiger partial charge in [-0.15, -0.1) is 0 Å². The molecule has 2 aromatic carbocycles. The Balaban J connectivity index is 1.83. The topological polar surface area (TPSA) is 113 Å². The van der Waals surface area contributed by atoms with Crippen LogP contribution in [0.3, 0.4) is 0 Å². The Hall–Kier alpha value is -3.50. The van der Waals surface area contributed by atoms with Crippen molar-refractivity contribution in [2.75, 3.05) is 40.4 Å². The number of furan rings is 1. The predicted molar refractivity (Wildman–Crippen MR) is 141 cm³/mol. The minimum absolute atomic E-state index is 0.0331. The van der Waals surface area contributed by atoms with Crippen LogP contribution in [0.25, 0.3) is 11.0 Å². The molecule has 10 heteroatoms. The number of hydrogen-bond donors (Lipinski definition) is 2. The number of methoxy groups -OCH3 is 2. The molecule has 0 bridgehead atoms. The molecule has 2 heterocycles. The van der Waals surface area contributed by atoms with E-state index in [1.165, 1.54) is 19.1 Å². The van der Waals surface area contributed by atoms with E-state index in [0.29, 0.717) is 33.3 Å². The molecule has 1 amide bonds. The number of fused-ring (bicyclic) bond motifs is 1. The number of phenols is 1. The smallest absolute Gasteiger partial charge is 0.290 e. The summed E-state index contributed by atoms with van der Waals surface area (Å²) in [5, 5.41) is 22.0. The van der Waals surface area contributed by atoms with Gasteiger partial charge in [0.1, 0.15) is 0 Å². The standard InChI is InChI=1S/C27H29BrN2O7/c1-5-29(6-2)10-11-30-22(16-12-17(28)23(31)19(14-16)36-4)21(25(33)27(30)34)24(32)20-13-15-8-7-9-18(35-3)26(15)37-20/h7-9,12-14,22,31,33H,5-6,10-11H2,1-4H3. The number of hydrogen-bond acceptors (Lipinski definition) is 8. The zero-order valence-electron chi connectivity index (χ0n) is 21.1. The quantitative estimate of drug-likeness (QED) is 0.332. The summed E-state index contributed by atoms with van der Waals surface area (Å²) >= 11 is 3.32. The molecule has 1 aliphatic rings. The molecule has 0 saturated heterocycles. The Labute approximate surface area is 223 Å². The number of carbonyl (C=O) groups is 2. The van der Waals surface area contributed by atoms with E-state index in [4.69, 9.17) is 13.9 Å². The molecule has 0 aliphatic carbocycles. The molecule has 0 saturated carbocycles. The second-order valence-electron chi connectivity index (χ2n) is 8.56. The third-order valence-electron chi connectivity index (χ3n) is 6.64. The van der Waals surface area contributed by atoms with Gasteiger partial charge in [0, 0.05) is 18.5 Å². The van der Waals surface area contributed by atoms with Crippen molar-refractivity contribution in [3.8, 4) is 17.2 Å². The van der Waals surface area contributed by atoms with Crippen molar-refractivity contribution in [1.29, 1.82) is 0 Å². The lowest BCUT2D eigenvalue weighted by Gasteiger charge is -2.29. The van der Waals surface area contributed by atoms with Crippen molar-refractivity contribution in [1.82, 2.24) is 9.80 Å². The van der Waals surface area contributed by atoms with Gasteiger partial charge in [0.05, 0.1) is 30.3 Å². The van der Waals surface area contributed by atoms with E-state index in [9.17, 15) is 19.8 Å². The summed E-state index contributed by atoms with van der Waals surface area (Å²) in [6, 6.07) is 9.06. The fourth-order valence-electron chi connectivity index (χ4n) is 4.60. The number of rotatable bonds is 10. The number of amides is 1. The van der Waals surface area contributed by atoms with Crippen LogP contribution < -0.4 is 9.47 Å². The van der Waals surface area contributed by atoms with Gasteiger partial charge in [0.2, 0.25) is 5.78 Å². The molecule has 1 aromatic heterocycles. The Bertz CT molecular complexity index is 1380. The van der Waals surface area contributed by atoms with Crippen molar-refractivity contribution in [2.45, 2.75) is 19.9 Å². The molecule has 2 N–H and O–H groups in total. The average Bonchev–Trinajstić information content (AvgIpc) is 3.45. The van der Waals surface area contributed by atoms with Crippen LogP contribution in [0.2, 0.25) is 0 Å². The molecule has 3 aromatic rings. The minimum atomic E-state index is -0.934. The summed E-state index contributed by atoms with van der Waals surface area (Å²) in [6.45, 7) is 6.43. The van der Waals surface area contributed by atoms with Gasteiger partial charge in [-0.1, -0.05) is 26.0 Å². The monoisotopic (exact) mass is 572 g/mol. The Morgan fingerprint density at radius 1 is 1.11 bits per heavy atom. The lowest BCUT2D eigenvalue weighted by molar-refractivity contribution is -0.129. The van der Waals surface area contributed by atoms with Crippen molar-refractivity contribution in [3.05, 3.63) is 63.5 Å². The van der Waals surface area contributed by atoms with E-state index >= 15 is 0 Å². The van der Waals surface area contributed by atoms with Gasteiger partial charge in [-0.2, -0.15) is 0 Å². The highest BCUT2D eigenvalue weighted by molar-refractivity contribution is 9.10. The number of ether oxygens (including phenoxy) is 2. The maximum absolute atomic E-state index is 13.8. The number of halogens is 1. The molecular formula is C27H29BrN2O7. The number of ketones is 1. The van der Waals surface area contributed by atoms with Crippen LogP contribution in [0.5, 0.6) is 17.2 Å². The number of aliphatic hydroxyl groups excluding tert-OH is 1. The SMILES string of the molecule is CCN(CC)CCN1C(=O)C(O)=C(C(=O)c2cc3cccc(OC)c3o2)C1c1cc(Br)c(O)c(OC)c1. The number of aliphatic hydroxyl groups is 1. The van der Waals surface area contributed by atoms with Gasteiger partial charge in [-0.25, -0.2) is 0 Å². The molecule has 1 unspecified atom stereocenters. The molecule has 37 heavy (non-hydrogen) atoms. The van der Waals surface area contributed by atoms with Gasteiger partial charge in [-0.05, 0) is 58.8 Å². The largest absolute Gasteiger partial charge is 0.503 e. The summed E-state index contributed by atoms with van der Waals surface area (Å²) in [7, 11) is 2.91. The molecule has 1 aliphatic heterocycles. The summed E-state index contributed by atoms with van der Waals surface area (Å²) in [5.41, 5.74) is 0.763. The van der Waals surface area contributed by atoms with Crippen molar-refractivity contribution in [2.24, 2.45) is 0 Å². The lowest BCUT2D eigenvalue weighted by atomic mass is 9.94. The molecule has 1 atom stereocenters. The summed E-state index contributed by atoms with van der Waals surface area (Å²) in [6.07, 6.45) is 0. The average molecular weight is 573 g/mol. The van der Waals surface area contributed by atoms with Gasteiger partial charge in [0.25, 0.3) is 5.91 Å². The third kappa shape index (κ3) is 4.78. The van der Waals surface area contributed by atoms with Gasteiger partial charge < -0.3 is 33.9 Å². The first-order valence-electron chi connectivity index (χ1n) is 11.9. The maximum Gasteiger partial charge on any atom is 0.290 e. The Morgan fingerprint density at radius 2 is 1.81 bits per heavy atom. The van der Waals surface area contributed by atoms with Gasteiger partial charge in [-0.3, -0.25) is 9.59 Å². The molecular weight excluding hydrogens is 544 g/mol. The van der Waals surface area contributed by atoms with Crippen LogP contribution in [-0.4, -0.2) is 72.1 Å². The first-order chi connectivity index (χ1) is 17.7. The van der Waals surface area contributed by atoms with Crippen molar-refractivity contribution < 1.29 is 33.7 Å². The van der Waals surface area contributed by atoms with Crippen LogP contribution in [-0.2, 0) is 4.79 Å². The van der Waals surface area contributed by atoms with Crippen molar-refractivity contribution in [3.63, 3.8) is 0 Å². The maximum atomic E-state index is 13.8. The second-order valence-corrected chi connectivity index (χ2v) is 9.42. The van der Waals surface area contributed by atoms with E-state index in [2.05, 4.69) is 20.8 Å². The zero-order valence-corrected chi connectivity index (χ0v) is 22.7. The number of likely N-dealkylation sites (N-methyl/N-ethyl adjacent to an activating group) is 1. The van der Waals surface area contributed by atoms with Crippen LogP contribution >= 0.6 is 15.9 Å².